The maximum atomic E-state index is 13.5. The summed E-state index contributed by atoms with van der Waals surface area (Å²) in [6, 6.07) is 10.3. The molecule has 0 radical (unpaired) electrons. The molecule has 112 valence electrons. The number of benzene rings is 2. The van der Waals surface area contributed by atoms with Gasteiger partial charge in [-0.1, -0.05) is 35.9 Å². The van der Waals surface area contributed by atoms with Crippen LogP contribution in [0.5, 0.6) is 11.5 Å². The van der Waals surface area contributed by atoms with Crippen molar-refractivity contribution < 1.29 is 13.9 Å². The minimum atomic E-state index is -0.219. The Morgan fingerprint density at radius 1 is 1.00 bits per heavy atom. The van der Waals surface area contributed by atoms with Crippen LogP contribution >= 0.6 is 11.6 Å². The number of hydrogen-bond acceptors (Lipinski definition) is 3. The molecule has 21 heavy (non-hydrogen) atoms. The highest BCUT2D eigenvalue weighted by molar-refractivity contribution is 6.33. The van der Waals surface area contributed by atoms with Crippen LogP contribution in [0.15, 0.2) is 36.4 Å². The minimum absolute atomic E-state index is 0.219. The summed E-state index contributed by atoms with van der Waals surface area (Å²) >= 11 is 6.29. The highest BCUT2D eigenvalue weighted by Crippen LogP contribution is 2.37. The highest BCUT2D eigenvalue weighted by Gasteiger charge is 2.12. The van der Waals surface area contributed by atoms with Gasteiger partial charge in [-0.25, -0.2) is 4.39 Å². The van der Waals surface area contributed by atoms with Crippen LogP contribution in [-0.4, -0.2) is 14.2 Å². The number of rotatable bonds is 6. The summed E-state index contributed by atoms with van der Waals surface area (Å²) in [7, 11) is 3.10. The van der Waals surface area contributed by atoms with E-state index in [-0.39, 0.29) is 5.82 Å². The molecule has 2 aromatic carbocycles. The fourth-order valence-corrected chi connectivity index (χ4v) is 2.34. The van der Waals surface area contributed by atoms with Crippen LogP contribution in [-0.2, 0) is 13.1 Å². The summed E-state index contributed by atoms with van der Waals surface area (Å²) in [5.74, 6) is 0.869. The molecular weight excluding hydrogens is 293 g/mol. The maximum Gasteiger partial charge on any atom is 0.179 e. The first-order chi connectivity index (χ1) is 10.2. The third kappa shape index (κ3) is 3.65. The monoisotopic (exact) mass is 309 g/mol. The second-order valence-electron chi connectivity index (χ2n) is 4.47. The molecule has 0 aliphatic carbocycles. The van der Waals surface area contributed by atoms with E-state index < -0.39 is 0 Å². The van der Waals surface area contributed by atoms with E-state index in [0.717, 1.165) is 5.56 Å². The zero-order valence-electron chi connectivity index (χ0n) is 12.0. The van der Waals surface area contributed by atoms with Crippen molar-refractivity contribution in [2.75, 3.05) is 14.2 Å². The molecule has 2 rings (SSSR count). The molecular formula is C16H17ClFNO2. The second-order valence-corrected chi connectivity index (χ2v) is 4.85. The molecule has 1 N–H and O–H groups in total. The van der Waals surface area contributed by atoms with E-state index in [9.17, 15) is 4.39 Å². The predicted molar refractivity (Wildman–Crippen MR) is 81.5 cm³/mol. The molecule has 0 aliphatic rings. The average Bonchev–Trinajstić information content (AvgIpc) is 2.50. The third-order valence-corrected chi connectivity index (χ3v) is 3.57. The van der Waals surface area contributed by atoms with Gasteiger partial charge in [-0.2, -0.15) is 0 Å². The molecule has 0 spiro atoms. The molecule has 0 bridgehead atoms. The van der Waals surface area contributed by atoms with E-state index in [1.54, 1.807) is 32.4 Å². The third-order valence-electron chi connectivity index (χ3n) is 3.15. The Morgan fingerprint density at radius 3 is 2.38 bits per heavy atom. The molecule has 0 unspecified atom stereocenters. The first-order valence-corrected chi connectivity index (χ1v) is 6.88. The molecule has 3 nitrogen and oxygen atoms in total. The van der Waals surface area contributed by atoms with Gasteiger partial charge in [0.05, 0.1) is 19.2 Å². The fourth-order valence-electron chi connectivity index (χ4n) is 2.04. The van der Waals surface area contributed by atoms with Gasteiger partial charge in [0.15, 0.2) is 11.5 Å². The van der Waals surface area contributed by atoms with Crippen molar-refractivity contribution >= 4 is 11.6 Å². The van der Waals surface area contributed by atoms with Gasteiger partial charge < -0.3 is 14.8 Å². The number of halogens is 2. The van der Waals surface area contributed by atoms with E-state index in [0.29, 0.717) is 35.2 Å². The van der Waals surface area contributed by atoms with Crippen LogP contribution in [0.2, 0.25) is 5.02 Å². The van der Waals surface area contributed by atoms with Crippen molar-refractivity contribution in [2.45, 2.75) is 13.1 Å². The lowest BCUT2D eigenvalue weighted by Crippen LogP contribution is -2.14. The first-order valence-electron chi connectivity index (χ1n) is 6.50. The number of hydrogen-bond donors (Lipinski definition) is 1. The zero-order valence-corrected chi connectivity index (χ0v) is 12.7. The van der Waals surface area contributed by atoms with Crippen molar-refractivity contribution in [1.82, 2.24) is 5.32 Å². The van der Waals surface area contributed by atoms with E-state index in [2.05, 4.69) is 5.32 Å². The second kappa shape index (κ2) is 7.29. The smallest absolute Gasteiger partial charge is 0.179 e. The van der Waals surface area contributed by atoms with Crippen molar-refractivity contribution in [1.29, 1.82) is 0 Å². The summed E-state index contributed by atoms with van der Waals surface area (Å²) in [5, 5.41) is 3.67. The molecule has 0 aromatic heterocycles. The van der Waals surface area contributed by atoms with Gasteiger partial charge in [0.2, 0.25) is 0 Å². The van der Waals surface area contributed by atoms with Gasteiger partial charge in [0.1, 0.15) is 5.82 Å². The van der Waals surface area contributed by atoms with E-state index in [4.69, 9.17) is 21.1 Å². The van der Waals surface area contributed by atoms with Gasteiger partial charge in [0.25, 0.3) is 0 Å². The summed E-state index contributed by atoms with van der Waals surface area (Å²) in [4.78, 5) is 0. The Balaban J connectivity index is 2.05. The zero-order chi connectivity index (χ0) is 15.2. The summed E-state index contributed by atoms with van der Waals surface area (Å²) in [5.41, 5.74) is 1.49. The van der Waals surface area contributed by atoms with Crippen molar-refractivity contribution in [3.05, 3.63) is 58.4 Å². The van der Waals surface area contributed by atoms with Crippen molar-refractivity contribution in [3.8, 4) is 11.5 Å². The first kappa shape index (κ1) is 15.6. The standard InChI is InChI=1S/C16H17ClFNO2/c1-20-14-8-7-12(15(17)16(14)21-2)10-19-9-11-5-3-4-6-13(11)18/h3-8,19H,9-10H2,1-2H3. The van der Waals surface area contributed by atoms with Gasteiger partial charge in [-0.3, -0.25) is 0 Å². The largest absolute Gasteiger partial charge is 0.493 e. The van der Waals surface area contributed by atoms with Crippen LogP contribution in [0.4, 0.5) is 4.39 Å². The minimum Gasteiger partial charge on any atom is -0.493 e. The number of nitrogens with one attached hydrogen (secondary N) is 1. The number of methoxy groups -OCH3 is 2. The van der Waals surface area contributed by atoms with Crippen LogP contribution in [0, 0.1) is 5.82 Å². The van der Waals surface area contributed by atoms with Gasteiger partial charge in [-0.05, 0) is 17.7 Å². The lowest BCUT2D eigenvalue weighted by molar-refractivity contribution is 0.354. The van der Waals surface area contributed by atoms with Gasteiger partial charge in [-0.15, -0.1) is 0 Å². The normalized spacial score (nSPS) is 10.5. The van der Waals surface area contributed by atoms with E-state index >= 15 is 0 Å². The lowest BCUT2D eigenvalue weighted by atomic mass is 10.1. The molecule has 2 aromatic rings. The molecule has 0 heterocycles. The molecule has 0 fully saturated rings. The SMILES string of the molecule is COc1ccc(CNCc2ccccc2F)c(Cl)c1OC. The Labute approximate surface area is 128 Å². The van der Waals surface area contributed by atoms with Gasteiger partial charge >= 0.3 is 0 Å². The molecule has 5 heteroatoms. The quantitative estimate of drug-likeness (QED) is 0.880. The summed E-state index contributed by atoms with van der Waals surface area (Å²) in [6.07, 6.45) is 0. The van der Waals surface area contributed by atoms with Crippen LogP contribution < -0.4 is 14.8 Å². The average molecular weight is 310 g/mol. The van der Waals surface area contributed by atoms with Crippen molar-refractivity contribution in [3.63, 3.8) is 0 Å². The topological polar surface area (TPSA) is 30.5 Å². The Morgan fingerprint density at radius 2 is 1.71 bits per heavy atom. The Bertz CT molecular complexity index is 619. The molecule has 0 aliphatic heterocycles. The predicted octanol–water partition coefficient (Wildman–Crippen LogP) is 3.79. The van der Waals surface area contributed by atoms with Gasteiger partial charge in [0, 0.05) is 18.7 Å². The van der Waals surface area contributed by atoms with E-state index in [1.807, 2.05) is 12.1 Å². The van der Waals surface area contributed by atoms with Crippen molar-refractivity contribution in [2.24, 2.45) is 0 Å². The van der Waals surface area contributed by atoms with Crippen LogP contribution in [0.3, 0.4) is 0 Å². The lowest BCUT2D eigenvalue weighted by Gasteiger charge is -2.13. The Hall–Kier alpha value is -1.78. The maximum absolute atomic E-state index is 13.5. The van der Waals surface area contributed by atoms with Crippen LogP contribution in [0.1, 0.15) is 11.1 Å². The number of ether oxygens (including phenoxy) is 2. The fraction of sp³-hybridized carbons (Fsp3) is 0.250. The molecule has 0 amide bonds. The highest BCUT2D eigenvalue weighted by atomic mass is 35.5. The molecule has 0 saturated carbocycles. The Kier molecular flexibility index (Phi) is 5.42. The molecule has 0 saturated heterocycles. The van der Waals surface area contributed by atoms with E-state index in [1.165, 1.54) is 6.07 Å². The summed E-state index contributed by atoms with van der Waals surface area (Å²) in [6.45, 7) is 0.935. The molecule has 0 atom stereocenters. The van der Waals surface area contributed by atoms with Crippen LogP contribution in [0.25, 0.3) is 0 Å². The summed E-state index contributed by atoms with van der Waals surface area (Å²) < 4.78 is 23.9.